The molecule has 1 aliphatic rings. The number of hydrogen-bond donors (Lipinski definition) is 1. The highest BCUT2D eigenvalue weighted by Gasteiger charge is 2.38. The second kappa shape index (κ2) is 7.09. The van der Waals surface area contributed by atoms with Crippen molar-refractivity contribution in [1.82, 2.24) is 5.32 Å². The third-order valence-corrected chi connectivity index (χ3v) is 4.18. The molecule has 0 aliphatic carbocycles. The molecule has 0 aromatic heterocycles. The molecule has 1 saturated heterocycles. The van der Waals surface area contributed by atoms with Crippen molar-refractivity contribution >= 4 is 45.5 Å². The lowest BCUT2D eigenvalue weighted by Gasteiger charge is -2.26. The van der Waals surface area contributed by atoms with Gasteiger partial charge in [-0.15, -0.1) is 0 Å². The lowest BCUT2D eigenvalue weighted by molar-refractivity contribution is -0.122. The summed E-state index contributed by atoms with van der Waals surface area (Å²) in [5.41, 5.74) is -0.109. The van der Waals surface area contributed by atoms with E-state index in [1.54, 1.807) is 18.2 Å². The Morgan fingerprint density at radius 3 is 2.58 bits per heavy atom. The van der Waals surface area contributed by atoms with Crippen molar-refractivity contribution in [1.29, 1.82) is 0 Å². The van der Waals surface area contributed by atoms with E-state index in [1.165, 1.54) is 31.4 Å². The number of anilines is 1. The maximum absolute atomic E-state index is 14.0. The van der Waals surface area contributed by atoms with Crippen LogP contribution in [0.15, 0.2) is 52.5 Å². The number of amides is 4. The summed E-state index contributed by atoms with van der Waals surface area (Å²) < 4.78 is 20.0. The van der Waals surface area contributed by atoms with Gasteiger partial charge in [-0.3, -0.25) is 14.9 Å². The first-order chi connectivity index (χ1) is 12.4. The van der Waals surface area contributed by atoms with Crippen LogP contribution in [0.1, 0.15) is 5.56 Å². The van der Waals surface area contributed by atoms with Crippen LogP contribution in [0.4, 0.5) is 14.9 Å². The molecule has 4 amide bonds. The Kier molecular flexibility index (Phi) is 4.85. The predicted octanol–water partition coefficient (Wildman–Crippen LogP) is 3.26. The minimum absolute atomic E-state index is 0.241. The summed E-state index contributed by atoms with van der Waals surface area (Å²) in [6.07, 6.45) is 1.29. The smallest absolute Gasteiger partial charge is 0.336 e. The average Bonchev–Trinajstić information content (AvgIpc) is 2.60. The van der Waals surface area contributed by atoms with Crippen LogP contribution in [-0.4, -0.2) is 25.0 Å². The monoisotopic (exact) mass is 418 g/mol. The fourth-order valence-corrected chi connectivity index (χ4v) is 2.86. The number of barbiturate groups is 1. The summed E-state index contributed by atoms with van der Waals surface area (Å²) in [4.78, 5) is 37.6. The molecule has 132 valence electrons. The molecule has 0 spiro atoms. The van der Waals surface area contributed by atoms with Gasteiger partial charge >= 0.3 is 6.03 Å². The van der Waals surface area contributed by atoms with Gasteiger partial charge in [0.1, 0.15) is 17.1 Å². The van der Waals surface area contributed by atoms with Crippen molar-refractivity contribution in [3.05, 3.63) is 63.9 Å². The number of carbonyl (C=O) groups is 3. The molecule has 1 heterocycles. The number of rotatable bonds is 3. The highest BCUT2D eigenvalue weighted by molar-refractivity contribution is 9.10. The van der Waals surface area contributed by atoms with Crippen molar-refractivity contribution in [2.24, 2.45) is 0 Å². The lowest BCUT2D eigenvalue weighted by Crippen LogP contribution is -2.54. The Hall–Kier alpha value is -3.00. The standard InChI is InChI=1S/C18H12BrFN2O4/c1-26-15-7-6-11(19)8-10(15)9-12-16(23)21-18(25)22(17(12)24)14-5-3-2-4-13(14)20/h2-9H,1H3,(H,21,23,25)/b12-9-. The van der Waals surface area contributed by atoms with Gasteiger partial charge in [0.2, 0.25) is 0 Å². The van der Waals surface area contributed by atoms with E-state index < -0.39 is 23.7 Å². The highest BCUT2D eigenvalue weighted by Crippen LogP contribution is 2.28. The van der Waals surface area contributed by atoms with Gasteiger partial charge in [-0.25, -0.2) is 14.1 Å². The number of para-hydroxylation sites is 1. The van der Waals surface area contributed by atoms with Crippen molar-refractivity contribution < 1.29 is 23.5 Å². The fourth-order valence-electron chi connectivity index (χ4n) is 2.48. The molecular formula is C18H12BrFN2O4. The maximum Gasteiger partial charge on any atom is 0.336 e. The molecule has 1 aliphatic heterocycles. The van der Waals surface area contributed by atoms with E-state index in [2.05, 4.69) is 15.9 Å². The predicted molar refractivity (Wildman–Crippen MR) is 96.1 cm³/mol. The maximum atomic E-state index is 14.0. The van der Waals surface area contributed by atoms with E-state index in [-0.39, 0.29) is 11.3 Å². The molecule has 0 radical (unpaired) electrons. The molecule has 0 unspecified atom stereocenters. The quantitative estimate of drug-likeness (QED) is 0.612. The summed E-state index contributed by atoms with van der Waals surface area (Å²) in [5.74, 6) is -2.12. The zero-order chi connectivity index (χ0) is 18.8. The van der Waals surface area contributed by atoms with Crippen LogP contribution in [0.25, 0.3) is 6.08 Å². The number of halogens is 2. The first-order valence-corrected chi connectivity index (χ1v) is 8.21. The number of ether oxygens (including phenoxy) is 1. The van der Waals surface area contributed by atoms with E-state index >= 15 is 0 Å². The molecule has 6 nitrogen and oxygen atoms in total. The van der Waals surface area contributed by atoms with Gasteiger partial charge < -0.3 is 4.74 Å². The number of carbonyl (C=O) groups excluding carboxylic acids is 3. The molecule has 2 aromatic carbocycles. The zero-order valence-corrected chi connectivity index (χ0v) is 15.0. The first kappa shape index (κ1) is 17.8. The lowest BCUT2D eigenvalue weighted by atomic mass is 10.1. The molecule has 2 aromatic rings. The number of imide groups is 2. The van der Waals surface area contributed by atoms with E-state index in [0.717, 1.165) is 6.07 Å². The Labute approximate surface area is 156 Å². The summed E-state index contributed by atoms with van der Waals surface area (Å²) >= 11 is 3.30. The molecule has 26 heavy (non-hydrogen) atoms. The zero-order valence-electron chi connectivity index (χ0n) is 13.5. The molecule has 0 bridgehead atoms. The van der Waals surface area contributed by atoms with Crippen LogP contribution in [0, 0.1) is 5.82 Å². The molecule has 0 atom stereocenters. The SMILES string of the molecule is COc1ccc(Br)cc1/C=C1/C(=O)NC(=O)N(c2ccccc2F)C1=O. The number of nitrogens with one attached hydrogen (secondary N) is 1. The van der Waals surface area contributed by atoms with Gasteiger partial charge in [0.15, 0.2) is 0 Å². The number of urea groups is 1. The van der Waals surface area contributed by atoms with Crippen molar-refractivity contribution in [3.63, 3.8) is 0 Å². The van der Waals surface area contributed by atoms with Crippen LogP contribution < -0.4 is 15.0 Å². The van der Waals surface area contributed by atoms with Gasteiger partial charge in [0.05, 0.1) is 12.8 Å². The number of benzene rings is 2. The van der Waals surface area contributed by atoms with E-state index in [9.17, 15) is 18.8 Å². The van der Waals surface area contributed by atoms with E-state index in [4.69, 9.17) is 4.74 Å². The minimum Gasteiger partial charge on any atom is -0.496 e. The molecule has 1 fully saturated rings. The molecule has 0 saturated carbocycles. The molecule has 1 N–H and O–H groups in total. The van der Waals surface area contributed by atoms with E-state index in [0.29, 0.717) is 20.7 Å². The summed E-state index contributed by atoms with van der Waals surface area (Å²) in [7, 11) is 1.45. The van der Waals surface area contributed by atoms with Gasteiger partial charge in [-0.05, 0) is 36.4 Å². The Bertz CT molecular complexity index is 958. The number of methoxy groups -OCH3 is 1. The van der Waals surface area contributed by atoms with Crippen LogP contribution in [-0.2, 0) is 9.59 Å². The number of hydrogen-bond acceptors (Lipinski definition) is 4. The van der Waals surface area contributed by atoms with Crippen LogP contribution in [0.3, 0.4) is 0 Å². The second-order valence-electron chi connectivity index (χ2n) is 5.30. The normalized spacial score (nSPS) is 16.0. The Balaban J connectivity index is 2.09. The number of nitrogens with zero attached hydrogens (tertiary/aromatic N) is 1. The first-order valence-electron chi connectivity index (χ1n) is 7.42. The van der Waals surface area contributed by atoms with Crippen LogP contribution in [0.5, 0.6) is 5.75 Å². The van der Waals surface area contributed by atoms with Gasteiger partial charge in [-0.2, -0.15) is 0 Å². The Morgan fingerprint density at radius 2 is 1.88 bits per heavy atom. The highest BCUT2D eigenvalue weighted by atomic mass is 79.9. The average molecular weight is 419 g/mol. The van der Waals surface area contributed by atoms with Crippen molar-refractivity contribution in [2.45, 2.75) is 0 Å². The molecule has 3 rings (SSSR count). The van der Waals surface area contributed by atoms with Crippen molar-refractivity contribution in [2.75, 3.05) is 12.0 Å². The second-order valence-corrected chi connectivity index (χ2v) is 6.21. The van der Waals surface area contributed by atoms with E-state index in [1.807, 2.05) is 5.32 Å². The molecular weight excluding hydrogens is 407 g/mol. The van der Waals surface area contributed by atoms with Crippen LogP contribution in [0.2, 0.25) is 0 Å². The third kappa shape index (κ3) is 3.23. The van der Waals surface area contributed by atoms with Crippen molar-refractivity contribution in [3.8, 4) is 5.75 Å². The third-order valence-electron chi connectivity index (χ3n) is 3.69. The largest absolute Gasteiger partial charge is 0.496 e. The topological polar surface area (TPSA) is 75.7 Å². The summed E-state index contributed by atoms with van der Waals surface area (Å²) in [6.45, 7) is 0. The van der Waals surface area contributed by atoms with Gasteiger partial charge in [0, 0.05) is 10.0 Å². The minimum atomic E-state index is -1.01. The summed E-state index contributed by atoms with van der Waals surface area (Å²) in [6, 6.07) is 9.34. The Morgan fingerprint density at radius 1 is 1.15 bits per heavy atom. The van der Waals surface area contributed by atoms with Crippen LogP contribution >= 0.6 is 15.9 Å². The summed E-state index contributed by atoms with van der Waals surface area (Å²) in [5, 5.41) is 2.05. The van der Waals surface area contributed by atoms with Gasteiger partial charge in [0.25, 0.3) is 11.8 Å². The van der Waals surface area contributed by atoms with Gasteiger partial charge in [-0.1, -0.05) is 28.1 Å². The molecule has 8 heteroatoms. The fraction of sp³-hybridized carbons (Fsp3) is 0.0556.